The minimum Gasteiger partial charge on any atom is -0.466 e. The second kappa shape index (κ2) is 10.5. The Morgan fingerprint density at radius 3 is 2.38 bits per heavy atom. The molecule has 0 unspecified atom stereocenters. The third kappa shape index (κ3) is 8.27. The fourth-order valence-corrected chi connectivity index (χ4v) is 1.37. The second-order valence-electron chi connectivity index (χ2n) is 3.88. The van der Waals surface area contributed by atoms with Gasteiger partial charge >= 0.3 is 5.97 Å². The van der Waals surface area contributed by atoms with E-state index in [0.717, 1.165) is 12.8 Å². The molecule has 0 fully saturated rings. The quantitative estimate of drug-likeness (QED) is 0.269. The van der Waals surface area contributed by atoms with E-state index in [1.807, 2.05) is 6.08 Å². The minimum absolute atomic E-state index is 0.280. The minimum atomic E-state index is -0.280. The molecule has 0 rings (SSSR count). The van der Waals surface area contributed by atoms with Crippen LogP contribution >= 0.6 is 0 Å². The number of carbonyl (C=O) groups excluding carboxylic acids is 1. The van der Waals surface area contributed by atoms with Gasteiger partial charge in [0.15, 0.2) is 0 Å². The predicted octanol–water partition coefficient (Wildman–Crippen LogP) is 4.02. The summed E-state index contributed by atoms with van der Waals surface area (Å²) in [5, 5.41) is 0. The van der Waals surface area contributed by atoms with Gasteiger partial charge in [0.2, 0.25) is 0 Å². The van der Waals surface area contributed by atoms with E-state index in [-0.39, 0.29) is 5.97 Å². The van der Waals surface area contributed by atoms with E-state index in [4.69, 9.17) is 0 Å². The van der Waals surface area contributed by atoms with Crippen LogP contribution in [-0.2, 0) is 9.53 Å². The molecule has 0 aromatic heterocycles. The molecule has 0 aliphatic heterocycles. The lowest BCUT2D eigenvalue weighted by Crippen LogP contribution is -1.94. The van der Waals surface area contributed by atoms with E-state index in [1.54, 1.807) is 0 Å². The van der Waals surface area contributed by atoms with Gasteiger partial charge in [-0.05, 0) is 19.3 Å². The van der Waals surface area contributed by atoms with Crippen LogP contribution in [-0.4, -0.2) is 13.1 Å². The van der Waals surface area contributed by atoms with Gasteiger partial charge in [0.25, 0.3) is 0 Å². The van der Waals surface area contributed by atoms with E-state index in [0.29, 0.717) is 0 Å². The van der Waals surface area contributed by atoms with Gasteiger partial charge in [-0.15, -0.1) is 0 Å². The van der Waals surface area contributed by atoms with Crippen molar-refractivity contribution in [3.05, 3.63) is 23.8 Å². The number of hydrogen-bond donors (Lipinski definition) is 0. The molecule has 0 radical (unpaired) electrons. The zero-order valence-electron chi connectivity index (χ0n) is 10.8. The number of methoxy groups -OCH3 is 1. The first-order valence-corrected chi connectivity index (χ1v) is 6.19. The molecule has 0 bridgehead atoms. The van der Waals surface area contributed by atoms with Crippen LogP contribution in [0.4, 0.5) is 0 Å². The zero-order valence-corrected chi connectivity index (χ0v) is 10.8. The molecule has 2 heteroatoms. The molecule has 92 valence electrons. The number of allylic oxidation sites excluding steroid dienone is 3. The van der Waals surface area contributed by atoms with Crippen LogP contribution < -0.4 is 0 Å². The molecule has 0 aliphatic rings. The van der Waals surface area contributed by atoms with Crippen molar-refractivity contribution in [2.24, 2.45) is 0 Å². The number of rotatable bonds is 8. The highest BCUT2D eigenvalue weighted by Gasteiger charge is 1.95. The van der Waals surface area contributed by atoms with Crippen molar-refractivity contribution in [1.82, 2.24) is 0 Å². The molecule has 0 aliphatic carbocycles. The molecule has 0 saturated heterocycles. The van der Waals surface area contributed by atoms with Gasteiger partial charge in [-0.25, -0.2) is 4.79 Å². The molecule has 0 heterocycles. The van der Waals surface area contributed by atoms with Crippen molar-refractivity contribution in [2.45, 2.75) is 52.4 Å². The molecule has 16 heavy (non-hydrogen) atoms. The summed E-state index contributed by atoms with van der Waals surface area (Å²) in [6.45, 7) is 4.36. The smallest absolute Gasteiger partial charge is 0.330 e. The average Bonchev–Trinajstić information content (AvgIpc) is 2.31. The van der Waals surface area contributed by atoms with Crippen molar-refractivity contribution in [2.75, 3.05) is 7.11 Å². The Bertz CT molecular complexity index is 239. The lowest BCUT2D eigenvalue weighted by molar-refractivity contribution is -0.134. The maximum absolute atomic E-state index is 11.0. The highest BCUT2D eigenvalue weighted by molar-refractivity contribution is 5.82. The summed E-state index contributed by atoms with van der Waals surface area (Å²) in [6.07, 6.45) is 12.5. The van der Waals surface area contributed by atoms with E-state index >= 15 is 0 Å². The first-order valence-electron chi connectivity index (χ1n) is 6.19. The molecule has 0 aromatic carbocycles. The van der Waals surface area contributed by atoms with Gasteiger partial charge in [0, 0.05) is 6.08 Å². The Hall–Kier alpha value is -1.05. The van der Waals surface area contributed by atoms with Crippen molar-refractivity contribution in [1.29, 1.82) is 0 Å². The van der Waals surface area contributed by atoms with Gasteiger partial charge in [-0.1, -0.05) is 50.8 Å². The summed E-state index contributed by atoms with van der Waals surface area (Å²) in [4.78, 5) is 11.0. The van der Waals surface area contributed by atoms with Gasteiger partial charge in [0.05, 0.1) is 7.11 Å². The lowest BCUT2D eigenvalue weighted by atomic mass is 10.1. The molecule has 2 nitrogen and oxygen atoms in total. The Morgan fingerprint density at radius 2 is 1.81 bits per heavy atom. The predicted molar refractivity (Wildman–Crippen MR) is 68.3 cm³/mol. The Kier molecular flexibility index (Phi) is 9.78. The zero-order chi connectivity index (χ0) is 12.2. The summed E-state index contributed by atoms with van der Waals surface area (Å²) in [7, 11) is 1.40. The maximum Gasteiger partial charge on any atom is 0.330 e. The van der Waals surface area contributed by atoms with Crippen LogP contribution in [0.2, 0.25) is 0 Å². The molecule has 0 atom stereocenters. The Balaban J connectivity index is 4.23. The molecule has 0 aromatic rings. The molecular formula is C14H24O2. The monoisotopic (exact) mass is 224 g/mol. The van der Waals surface area contributed by atoms with E-state index < -0.39 is 0 Å². The number of carbonyl (C=O) groups is 1. The third-order valence-corrected chi connectivity index (χ3v) is 2.42. The normalized spacial score (nSPS) is 12.1. The highest BCUT2D eigenvalue weighted by Crippen LogP contribution is 2.11. The number of unbranched alkanes of at least 4 members (excludes halogenated alkanes) is 3. The van der Waals surface area contributed by atoms with E-state index in [9.17, 15) is 4.79 Å². The maximum atomic E-state index is 11.0. The van der Waals surface area contributed by atoms with Crippen LogP contribution in [0, 0.1) is 0 Å². The van der Waals surface area contributed by atoms with Crippen LogP contribution in [0.5, 0.6) is 0 Å². The van der Waals surface area contributed by atoms with Gasteiger partial charge < -0.3 is 4.74 Å². The Labute approximate surface area is 99.4 Å². The van der Waals surface area contributed by atoms with Gasteiger partial charge in [-0.3, -0.25) is 0 Å². The molecule has 0 spiro atoms. The first-order chi connectivity index (χ1) is 7.74. The standard InChI is InChI=1S/C14H24O2/c1-4-6-8-10-13(9-7-5-2)11-12-14(15)16-3/h10-12H,4-9H2,1-3H3/b12-11+,13-10-. The van der Waals surface area contributed by atoms with Crippen molar-refractivity contribution in [3.63, 3.8) is 0 Å². The average molecular weight is 224 g/mol. The van der Waals surface area contributed by atoms with Crippen molar-refractivity contribution < 1.29 is 9.53 Å². The van der Waals surface area contributed by atoms with Crippen LogP contribution in [0.3, 0.4) is 0 Å². The van der Waals surface area contributed by atoms with Gasteiger partial charge in [0.1, 0.15) is 0 Å². The number of esters is 1. The van der Waals surface area contributed by atoms with Crippen LogP contribution in [0.25, 0.3) is 0 Å². The number of ether oxygens (including phenoxy) is 1. The fourth-order valence-electron chi connectivity index (χ4n) is 1.37. The van der Waals surface area contributed by atoms with Crippen LogP contribution in [0.1, 0.15) is 52.4 Å². The summed E-state index contributed by atoms with van der Waals surface area (Å²) >= 11 is 0. The molecule has 0 saturated carbocycles. The third-order valence-electron chi connectivity index (χ3n) is 2.42. The lowest BCUT2D eigenvalue weighted by Gasteiger charge is -2.01. The first kappa shape index (κ1) is 14.9. The second-order valence-corrected chi connectivity index (χ2v) is 3.88. The fraction of sp³-hybridized carbons (Fsp3) is 0.643. The summed E-state index contributed by atoms with van der Waals surface area (Å²) in [6, 6.07) is 0. The van der Waals surface area contributed by atoms with Gasteiger partial charge in [-0.2, -0.15) is 0 Å². The summed E-state index contributed by atoms with van der Waals surface area (Å²) in [5.41, 5.74) is 1.25. The molecular weight excluding hydrogens is 200 g/mol. The van der Waals surface area contributed by atoms with Crippen LogP contribution in [0.15, 0.2) is 23.8 Å². The topological polar surface area (TPSA) is 26.3 Å². The summed E-state index contributed by atoms with van der Waals surface area (Å²) in [5.74, 6) is -0.280. The molecule has 0 amide bonds. The van der Waals surface area contributed by atoms with E-state index in [1.165, 1.54) is 44.4 Å². The summed E-state index contributed by atoms with van der Waals surface area (Å²) < 4.78 is 4.58. The van der Waals surface area contributed by atoms with Crippen molar-refractivity contribution >= 4 is 5.97 Å². The Morgan fingerprint density at radius 1 is 1.12 bits per heavy atom. The van der Waals surface area contributed by atoms with Crippen molar-refractivity contribution in [3.8, 4) is 0 Å². The molecule has 0 N–H and O–H groups in total. The SMILES string of the molecule is CCCC/C=C(\C=C\C(=O)OC)CCCC. The van der Waals surface area contributed by atoms with E-state index in [2.05, 4.69) is 24.7 Å². The largest absolute Gasteiger partial charge is 0.466 e. The number of hydrogen-bond acceptors (Lipinski definition) is 2. The highest BCUT2D eigenvalue weighted by atomic mass is 16.5.